The summed E-state index contributed by atoms with van der Waals surface area (Å²) in [5, 5.41) is 1.79. The van der Waals surface area contributed by atoms with Crippen molar-refractivity contribution < 1.29 is 19.2 Å². The molecule has 1 amide bonds. The SMILES string of the molecule is CC(=O)CC(CC(=O)C=CN(C)OC(=O)[N+](C)(C)c1ccccc1)c1ccc(Cl)cc1. The van der Waals surface area contributed by atoms with Gasteiger partial charge in [0.25, 0.3) is 0 Å². The van der Waals surface area contributed by atoms with E-state index in [-0.39, 0.29) is 34.8 Å². The molecule has 0 N–H and O–H groups in total. The number of hydrogen-bond donors (Lipinski definition) is 0. The van der Waals surface area contributed by atoms with E-state index in [0.717, 1.165) is 11.3 Å². The summed E-state index contributed by atoms with van der Waals surface area (Å²) in [4.78, 5) is 42.1. The van der Waals surface area contributed by atoms with Gasteiger partial charge in [-0.1, -0.05) is 41.9 Å². The summed E-state index contributed by atoms with van der Waals surface area (Å²) >= 11 is 5.93. The first kappa shape index (κ1) is 24.3. The number of rotatable bonds is 9. The van der Waals surface area contributed by atoms with E-state index in [1.807, 2.05) is 42.5 Å². The van der Waals surface area contributed by atoms with Gasteiger partial charge in [-0.3, -0.25) is 9.63 Å². The zero-order chi connectivity index (χ0) is 23.0. The van der Waals surface area contributed by atoms with E-state index in [9.17, 15) is 14.4 Å². The highest BCUT2D eigenvalue weighted by Crippen LogP contribution is 2.26. The maximum absolute atomic E-state index is 12.6. The number of hydrogen-bond acceptors (Lipinski definition) is 5. The molecule has 2 aromatic carbocycles. The third-order valence-corrected chi connectivity index (χ3v) is 5.13. The molecular weight excluding hydrogens is 416 g/mol. The summed E-state index contributed by atoms with van der Waals surface area (Å²) in [5.41, 5.74) is 1.65. The Morgan fingerprint density at radius 1 is 1.03 bits per heavy atom. The number of halogens is 1. The lowest BCUT2D eigenvalue weighted by molar-refractivity contribution is -0.118. The summed E-state index contributed by atoms with van der Waals surface area (Å²) in [6.45, 7) is 1.50. The van der Waals surface area contributed by atoms with Crippen molar-refractivity contribution in [1.82, 2.24) is 9.55 Å². The molecule has 0 heterocycles. The quantitative estimate of drug-likeness (QED) is 0.305. The first-order valence-electron chi connectivity index (χ1n) is 9.90. The summed E-state index contributed by atoms with van der Waals surface area (Å²) in [6.07, 6.45) is 2.66. The van der Waals surface area contributed by atoms with E-state index >= 15 is 0 Å². The lowest BCUT2D eigenvalue weighted by Gasteiger charge is -2.26. The number of allylic oxidation sites excluding steroid dienone is 1. The molecule has 164 valence electrons. The minimum atomic E-state index is -0.499. The first-order valence-corrected chi connectivity index (χ1v) is 10.3. The van der Waals surface area contributed by atoms with Crippen LogP contribution in [0.1, 0.15) is 31.2 Å². The van der Waals surface area contributed by atoms with Crippen molar-refractivity contribution in [2.75, 3.05) is 21.1 Å². The van der Waals surface area contributed by atoms with Crippen molar-refractivity contribution in [3.8, 4) is 0 Å². The molecule has 2 aromatic rings. The van der Waals surface area contributed by atoms with Gasteiger partial charge in [-0.2, -0.15) is 9.28 Å². The normalized spacial score (nSPS) is 12.4. The first-order chi connectivity index (χ1) is 14.6. The third kappa shape index (κ3) is 7.35. The Morgan fingerprint density at radius 3 is 2.23 bits per heavy atom. The van der Waals surface area contributed by atoms with Crippen molar-refractivity contribution in [2.45, 2.75) is 25.7 Å². The summed E-state index contributed by atoms with van der Waals surface area (Å²) < 4.78 is -0.107. The zero-order valence-electron chi connectivity index (χ0n) is 18.2. The smallest absolute Gasteiger partial charge is 0.300 e. The maximum atomic E-state index is 12.6. The molecule has 6 nitrogen and oxygen atoms in total. The Kier molecular flexibility index (Phi) is 8.54. The van der Waals surface area contributed by atoms with Gasteiger partial charge in [0.2, 0.25) is 0 Å². The van der Waals surface area contributed by atoms with Crippen LogP contribution >= 0.6 is 11.6 Å². The van der Waals surface area contributed by atoms with Gasteiger partial charge in [0.15, 0.2) is 5.78 Å². The van der Waals surface area contributed by atoms with E-state index in [4.69, 9.17) is 16.4 Å². The predicted molar refractivity (Wildman–Crippen MR) is 123 cm³/mol. The van der Waals surface area contributed by atoms with E-state index in [2.05, 4.69) is 0 Å². The zero-order valence-corrected chi connectivity index (χ0v) is 19.0. The van der Waals surface area contributed by atoms with Crippen molar-refractivity contribution in [3.05, 3.63) is 77.5 Å². The monoisotopic (exact) mass is 443 g/mol. The predicted octanol–water partition coefficient (Wildman–Crippen LogP) is 5.13. The molecule has 0 bridgehead atoms. The van der Waals surface area contributed by atoms with Crippen LogP contribution in [0.4, 0.5) is 10.5 Å². The van der Waals surface area contributed by atoms with Crippen LogP contribution < -0.4 is 4.48 Å². The number of ketones is 2. The molecule has 1 unspecified atom stereocenters. The van der Waals surface area contributed by atoms with Crippen molar-refractivity contribution >= 4 is 34.9 Å². The fraction of sp³-hybridized carbons (Fsp3) is 0.292. The number of carbonyl (C=O) groups is 3. The van der Waals surface area contributed by atoms with Crippen LogP contribution in [0.2, 0.25) is 5.02 Å². The molecule has 0 aliphatic rings. The van der Waals surface area contributed by atoms with Gasteiger partial charge in [0.05, 0.1) is 14.1 Å². The van der Waals surface area contributed by atoms with E-state index < -0.39 is 6.09 Å². The van der Waals surface area contributed by atoms with Crippen molar-refractivity contribution in [2.24, 2.45) is 0 Å². The molecule has 0 aromatic heterocycles. The minimum absolute atomic E-state index is 0.00342. The number of amides is 1. The Hall–Kier alpha value is -2.96. The van der Waals surface area contributed by atoms with Gasteiger partial charge in [-0.15, -0.1) is 0 Å². The highest BCUT2D eigenvalue weighted by molar-refractivity contribution is 6.30. The lowest BCUT2D eigenvalue weighted by Crippen LogP contribution is -2.48. The minimum Gasteiger partial charge on any atom is -0.300 e. The standard InChI is InChI=1S/C24H28ClN2O4/c1-18(28)16-20(19-10-12-21(25)13-11-19)17-23(29)14-15-26(2)31-24(30)27(3,4)22-8-6-5-7-9-22/h5-15,20H,16-17H2,1-4H3/q+1. The van der Waals surface area contributed by atoms with Crippen LogP contribution in [0.25, 0.3) is 0 Å². The fourth-order valence-electron chi connectivity index (χ4n) is 3.05. The molecule has 0 saturated carbocycles. The fourth-order valence-corrected chi connectivity index (χ4v) is 3.18. The second kappa shape index (κ2) is 10.9. The third-order valence-electron chi connectivity index (χ3n) is 4.87. The van der Waals surface area contributed by atoms with E-state index in [1.54, 1.807) is 33.3 Å². The van der Waals surface area contributed by atoms with Crippen LogP contribution in [0.3, 0.4) is 0 Å². The number of para-hydroxylation sites is 1. The Labute approximate surface area is 188 Å². The number of hydroxylamine groups is 2. The number of benzene rings is 2. The molecular formula is C24H28ClN2O4+. The average Bonchev–Trinajstić information content (AvgIpc) is 2.72. The number of carbonyl (C=O) groups excluding carboxylic acids is 3. The molecule has 31 heavy (non-hydrogen) atoms. The second-order valence-corrected chi connectivity index (χ2v) is 8.27. The maximum Gasteiger partial charge on any atom is 0.545 e. The molecule has 0 spiro atoms. The highest BCUT2D eigenvalue weighted by atomic mass is 35.5. The lowest BCUT2D eigenvalue weighted by atomic mass is 9.89. The van der Waals surface area contributed by atoms with Crippen molar-refractivity contribution in [1.29, 1.82) is 0 Å². The average molecular weight is 444 g/mol. The molecule has 0 aliphatic carbocycles. The largest absolute Gasteiger partial charge is 0.545 e. The van der Waals surface area contributed by atoms with Crippen LogP contribution in [-0.4, -0.2) is 43.9 Å². The van der Waals surface area contributed by atoms with E-state index in [0.29, 0.717) is 5.02 Å². The van der Waals surface area contributed by atoms with Gasteiger partial charge in [0.1, 0.15) is 11.5 Å². The Bertz CT molecular complexity index is 940. The van der Waals surface area contributed by atoms with Gasteiger partial charge >= 0.3 is 6.09 Å². The van der Waals surface area contributed by atoms with Gasteiger partial charge in [-0.05, 0) is 42.7 Å². The van der Waals surface area contributed by atoms with Crippen LogP contribution in [-0.2, 0) is 14.4 Å². The van der Waals surface area contributed by atoms with Gasteiger partial charge in [0, 0.05) is 37.2 Å². The summed E-state index contributed by atoms with van der Waals surface area (Å²) in [7, 11) is 4.98. The molecule has 2 rings (SSSR count). The molecule has 0 radical (unpaired) electrons. The van der Waals surface area contributed by atoms with Crippen LogP contribution in [0.15, 0.2) is 66.9 Å². The van der Waals surface area contributed by atoms with Crippen LogP contribution in [0, 0.1) is 0 Å². The van der Waals surface area contributed by atoms with E-state index in [1.165, 1.54) is 24.3 Å². The van der Waals surface area contributed by atoms with Crippen molar-refractivity contribution in [3.63, 3.8) is 0 Å². The Morgan fingerprint density at radius 2 is 1.65 bits per heavy atom. The molecule has 0 fully saturated rings. The highest BCUT2D eigenvalue weighted by Gasteiger charge is 2.32. The number of Topliss-reactive ketones (excluding diaryl/α,β-unsaturated/α-hetero) is 1. The number of quaternary nitrogens is 1. The summed E-state index contributed by atoms with van der Waals surface area (Å²) in [6, 6.07) is 16.4. The molecule has 1 atom stereocenters. The topological polar surface area (TPSA) is 63.7 Å². The second-order valence-electron chi connectivity index (χ2n) is 7.83. The molecule has 7 heteroatoms. The summed E-state index contributed by atoms with van der Waals surface area (Å²) in [5.74, 6) is -0.418. The Balaban J connectivity index is 1.99. The molecule has 0 aliphatic heterocycles. The number of nitrogens with zero attached hydrogens (tertiary/aromatic N) is 2. The van der Waals surface area contributed by atoms with Gasteiger partial charge < -0.3 is 4.79 Å². The van der Waals surface area contributed by atoms with Crippen LogP contribution in [0.5, 0.6) is 0 Å². The molecule has 0 saturated heterocycles. The van der Waals surface area contributed by atoms with Gasteiger partial charge in [-0.25, -0.2) is 5.06 Å².